The third-order valence-electron chi connectivity index (χ3n) is 3.78. The Bertz CT molecular complexity index is 405. The van der Waals surface area contributed by atoms with Gasteiger partial charge >= 0.3 is 5.97 Å². The average Bonchev–Trinajstić information content (AvgIpc) is 2.24. The van der Waals surface area contributed by atoms with E-state index in [-0.39, 0.29) is 0 Å². The van der Waals surface area contributed by atoms with Crippen LogP contribution in [0.25, 0.3) is 0 Å². The molecule has 2 rings (SSSR count). The van der Waals surface area contributed by atoms with Gasteiger partial charge in [0.05, 0.1) is 5.41 Å². The summed E-state index contributed by atoms with van der Waals surface area (Å²) >= 11 is 3.38. The predicted octanol–water partition coefficient (Wildman–Crippen LogP) is 3.98. The molecular formula is C14H17BrO2. The fraction of sp³-hybridized carbons (Fsp3) is 0.500. The largest absolute Gasteiger partial charge is 0.481 e. The lowest BCUT2D eigenvalue weighted by Crippen LogP contribution is -2.47. The van der Waals surface area contributed by atoms with Gasteiger partial charge in [0.25, 0.3) is 0 Å². The predicted molar refractivity (Wildman–Crippen MR) is 71.1 cm³/mol. The zero-order chi connectivity index (χ0) is 12.5. The van der Waals surface area contributed by atoms with Gasteiger partial charge in [-0.15, -0.1) is 0 Å². The summed E-state index contributed by atoms with van der Waals surface area (Å²) in [5, 5.41) is 9.48. The molecule has 17 heavy (non-hydrogen) atoms. The molecule has 0 amide bonds. The number of carboxylic acids is 1. The zero-order valence-corrected chi connectivity index (χ0v) is 11.5. The minimum absolute atomic E-state index is 0.583. The molecule has 1 N–H and O–H groups in total. The van der Waals surface area contributed by atoms with Crippen LogP contribution in [0.1, 0.15) is 38.2 Å². The van der Waals surface area contributed by atoms with Gasteiger partial charge in [0.2, 0.25) is 0 Å². The second kappa shape index (κ2) is 4.81. The Balaban J connectivity index is 2.20. The van der Waals surface area contributed by atoms with Crippen molar-refractivity contribution >= 4 is 21.9 Å². The molecule has 1 aliphatic rings. The van der Waals surface area contributed by atoms with E-state index in [0.717, 1.165) is 35.7 Å². The third-order valence-corrected chi connectivity index (χ3v) is 4.31. The highest BCUT2D eigenvalue weighted by molar-refractivity contribution is 9.10. The van der Waals surface area contributed by atoms with E-state index in [0.29, 0.717) is 5.92 Å². The lowest BCUT2D eigenvalue weighted by molar-refractivity contribution is -0.150. The van der Waals surface area contributed by atoms with Crippen molar-refractivity contribution in [2.45, 2.75) is 38.0 Å². The molecule has 1 aromatic carbocycles. The van der Waals surface area contributed by atoms with Gasteiger partial charge in [-0.1, -0.05) is 47.8 Å². The summed E-state index contributed by atoms with van der Waals surface area (Å²) in [6.45, 7) is 2.15. The highest BCUT2D eigenvalue weighted by atomic mass is 79.9. The molecule has 0 radical (unpaired) electrons. The van der Waals surface area contributed by atoms with E-state index in [9.17, 15) is 9.90 Å². The van der Waals surface area contributed by atoms with E-state index in [1.807, 2.05) is 24.3 Å². The number of hydrogen-bond acceptors (Lipinski definition) is 1. The summed E-state index contributed by atoms with van der Waals surface area (Å²) < 4.78 is 0.992. The van der Waals surface area contributed by atoms with Crippen molar-refractivity contribution in [1.82, 2.24) is 0 Å². The van der Waals surface area contributed by atoms with Crippen LogP contribution in [-0.2, 0) is 10.2 Å². The highest BCUT2D eigenvalue weighted by Crippen LogP contribution is 2.49. The summed E-state index contributed by atoms with van der Waals surface area (Å²) in [6, 6.07) is 7.71. The lowest BCUT2D eigenvalue weighted by atomic mass is 9.57. The summed E-state index contributed by atoms with van der Waals surface area (Å²) in [4.78, 5) is 11.5. The molecule has 0 bridgehead atoms. The first-order valence-corrected chi connectivity index (χ1v) is 6.87. The van der Waals surface area contributed by atoms with Crippen molar-refractivity contribution in [3.05, 3.63) is 34.3 Å². The van der Waals surface area contributed by atoms with E-state index in [1.54, 1.807) is 0 Å². The Kier molecular flexibility index (Phi) is 3.57. The van der Waals surface area contributed by atoms with Crippen LogP contribution >= 0.6 is 15.9 Å². The molecule has 1 saturated carbocycles. The van der Waals surface area contributed by atoms with Crippen LogP contribution in [0, 0.1) is 5.92 Å². The van der Waals surface area contributed by atoms with Crippen LogP contribution in [0.15, 0.2) is 28.7 Å². The fourth-order valence-electron chi connectivity index (χ4n) is 2.84. The van der Waals surface area contributed by atoms with Crippen molar-refractivity contribution in [3.63, 3.8) is 0 Å². The topological polar surface area (TPSA) is 37.3 Å². The molecule has 1 aromatic rings. The second-order valence-corrected chi connectivity index (χ2v) is 5.87. The molecule has 0 unspecified atom stereocenters. The minimum atomic E-state index is -0.674. The van der Waals surface area contributed by atoms with Gasteiger partial charge in [-0.05, 0) is 36.5 Å². The number of carbonyl (C=O) groups is 1. The number of hydrogen-bond donors (Lipinski definition) is 1. The molecule has 0 atom stereocenters. The maximum atomic E-state index is 11.5. The molecule has 2 nitrogen and oxygen atoms in total. The molecule has 0 aromatic heterocycles. The fourth-order valence-corrected chi connectivity index (χ4v) is 3.11. The number of carboxylic acid groups (broad SMARTS) is 1. The second-order valence-electron chi connectivity index (χ2n) is 4.96. The first-order chi connectivity index (χ1) is 8.08. The Labute approximate surface area is 110 Å². The zero-order valence-electron chi connectivity index (χ0n) is 9.95. The summed E-state index contributed by atoms with van der Waals surface area (Å²) in [5.74, 6) is -0.0908. The maximum absolute atomic E-state index is 11.5. The number of benzene rings is 1. The van der Waals surface area contributed by atoms with Crippen molar-refractivity contribution in [2.75, 3.05) is 0 Å². The molecule has 92 valence electrons. The standard InChI is InChI=1S/C14H17BrO2/c1-2-3-10-8-14(9-10,13(16)17)11-4-6-12(15)7-5-11/h4-7,10H,2-3,8-9H2,1H3,(H,16,17). The van der Waals surface area contributed by atoms with Crippen molar-refractivity contribution in [1.29, 1.82) is 0 Å². The van der Waals surface area contributed by atoms with Crippen LogP contribution in [0.4, 0.5) is 0 Å². The first-order valence-electron chi connectivity index (χ1n) is 6.08. The van der Waals surface area contributed by atoms with Crippen LogP contribution in [0.3, 0.4) is 0 Å². The van der Waals surface area contributed by atoms with Crippen molar-refractivity contribution < 1.29 is 9.90 Å². The summed E-state index contributed by atoms with van der Waals surface area (Å²) in [6.07, 6.45) is 3.86. The number of aliphatic carboxylic acids is 1. The van der Waals surface area contributed by atoms with Gasteiger partial charge in [-0.25, -0.2) is 0 Å². The highest BCUT2D eigenvalue weighted by Gasteiger charge is 2.50. The third kappa shape index (κ3) is 2.25. The summed E-state index contributed by atoms with van der Waals surface area (Å²) in [7, 11) is 0. The van der Waals surface area contributed by atoms with Crippen LogP contribution in [-0.4, -0.2) is 11.1 Å². The number of halogens is 1. The van der Waals surface area contributed by atoms with Crippen LogP contribution < -0.4 is 0 Å². The molecule has 1 fully saturated rings. The quantitative estimate of drug-likeness (QED) is 0.912. The van der Waals surface area contributed by atoms with E-state index in [1.165, 1.54) is 0 Å². The monoisotopic (exact) mass is 296 g/mol. The first kappa shape index (κ1) is 12.6. The molecule has 3 heteroatoms. The van der Waals surface area contributed by atoms with E-state index < -0.39 is 11.4 Å². The van der Waals surface area contributed by atoms with Gasteiger partial charge in [0.1, 0.15) is 0 Å². The maximum Gasteiger partial charge on any atom is 0.314 e. The Morgan fingerprint density at radius 3 is 2.47 bits per heavy atom. The normalized spacial score (nSPS) is 27.5. The van der Waals surface area contributed by atoms with Gasteiger partial charge in [0, 0.05) is 4.47 Å². The Morgan fingerprint density at radius 2 is 2.00 bits per heavy atom. The lowest BCUT2D eigenvalue weighted by Gasteiger charge is -2.45. The van der Waals surface area contributed by atoms with Gasteiger partial charge < -0.3 is 5.11 Å². The molecule has 0 spiro atoms. The van der Waals surface area contributed by atoms with E-state index in [2.05, 4.69) is 22.9 Å². The Morgan fingerprint density at radius 1 is 1.41 bits per heavy atom. The van der Waals surface area contributed by atoms with Gasteiger partial charge in [-0.2, -0.15) is 0 Å². The Hall–Kier alpha value is -0.830. The molecule has 1 aliphatic carbocycles. The molecule has 0 heterocycles. The van der Waals surface area contributed by atoms with Gasteiger partial charge in [0.15, 0.2) is 0 Å². The van der Waals surface area contributed by atoms with E-state index >= 15 is 0 Å². The minimum Gasteiger partial charge on any atom is -0.481 e. The van der Waals surface area contributed by atoms with E-state index in [4.69, 9.17) is 0 Å². The molecular weight excluding hydrogens is 280 g/mol. The summed E-state index contributed by atoms with van der Waals surface area (Å²) in [5.41, 5.74) is 0.320. The molecule has 0 saturated heterocycles. The van der Waals surface area contributed by atoms with Crippen LogP contribution in [0.2, 0.25) is 0 Å². The van der Waals surface area contributed by atoms with Crippen LogP contribution in [0.5, 0.6) is 0 Å². The average molecular weight is 297 g/mol. The van der Waals surface area contributed by atoms with Gasteiger partial charge in [-0.3, -0.25) is 4.79 Å². The number of rotatable bonds is 4. The van der Waals surface area contributed by atoms with Crippen molar-refractivity contribution in [3.8, 4) is 0 Å². The smallest absolute Gasteiger partial charge is 0.314 e. The van der Waals surface area contributed by atoms with Crippen molar-refractivity contribution in [2.24, 2.45) is 5.92 Å². The molecule has 0 aliphatic heterocycles. The SMILES string of the molecule is CCCC1CC(C(=O)O)(c2ccc(Br)cc2)C1.